The first-order valence-corrected chi connectivity index (χ1v) is 11.5. The van der Waals surface area contributed by atoms with Crippen molar-refractivity contribution in [2.24, 2.45) is 0 Å². The van der Waals surface area contributed by atoms with Gasteiger partial charge >= 0.3 is 0 Å². The number of nitrogens with zero attached hydrogens (tertiary/aromatic N) is 8. The fourth-order valence-corrected chi connectivity index (χ4v) is 4.77. The molecule has 2 atom stereocenters. The van der Waals surface area contributed by atoms with Crippen molar-refractivity contribution in [1.29, 1.82) is 5.26 Å². The minimum absolute atomic E-state index is 0.0772. The summed E-state index contributed by atoms with van der Waals surface area (Å²) in [6.45, 7) is 5.28. The Morgan fingerprint density at radius 2 is 2.14 bits per heavy atom. The number of carbonyl (C=O) groups excluding carboxylic acids is 1. The number of aromatic nitrogens is 5. The van der Waals surface area contributed by atoms with Crippen LogP contribution in [0.5, 0.6) is 5.75 Å². The largest absolute Gasteiger partial charge is 0.495 e. The number of methoxy groups -OCH3 is 1. The van der Waals surface area contributed by atoms with E-state index in [1.165, 1.54) is 11.0 Å². The number of rotatable bonds is 5. The van der Waals surface area contributed by atoms with Gasteiger partial charge < -0.3 is 14.4 Å². The Bertz CT molecular complexity index is 1240. The molecule has 2 aliphatic heterocycles. The zero-order valence-electron chi connectivity index (χ0n) is 19.7. The smallest absolute Gasteiger partial charge is 0.227 e. The number of morpholine rings is 1. The summed E-state index contributed by atoms with van der Waals surface area (Å²) in [4.78, 5) is 21.6. The average molecular weight is 475 g/mol. The highest BCUT2D eigenvalue weighted by atomic mass is 16.5. The summed E-state index contributed by atoms with van der Waals surface area (Å²) in [5.41, 5.74) is 3.30. The number of fused-ring (bicyclic) bond motifs is 1. The summed E-state index contributed by atoms with van der Waals surface area (Å²) >= 11 is 0. The first-order chi connectivity index (χ1) is 17.1. The predicted octanol–water partition coefficient (Wildman–Crippen LogP) is 1.07. The van der Waals surface area contributed by atoms with E-state index in [9.17, 15) is 10.1 Å². The number of ether oxygens (including phenoxy) is 2. The van der Waals surface area contributed by atoms with Gasteiger partial charge in [0.05, 0.1) is 37.8 Å². The van der Waals surface area contributed by atoms with Gasteiger partial charge in [0, 0.05) is 32.4 Å². The first kappa shape index (κ1) is 22.9. The van der Waals surface area contributed by atoms with Crippen molar-refractivity contribution in [3.63, 3.8) is 0 Å². The fourth-order valence-electron chi connectivity index (χ4n) is 4.77. The third-order valence-electron chi connectivity index (χ3n) is 6.74. The molecule has 180 valence electrons. The van der Waals surface area contributed by atoms with Crippen LogP contribution in [0.3, 0.4) is 0 Å². The molecule has 4 heterocycles. The Kier molecular flexibility index (Phi) is 6.39. The topological polar surface area (TPSA) is 122 Å². The third kappa shape index (κ3) is 4.58. The molecule has 11 heteroatoms. The summed E-state index contributed by atoms with van der Waals surface area (Å²) in [5, 5.41) is 20.6. The number of amides is 1. The Labute approximate surface area is 202 Å². The van der Waals surface area contributed by atoms with Crippen LogP contribution in [-0.4, -0.2) is 86.8 Å². The minimum Gasteiger partial charge on any atom is -0.495 e. The zero-order chi connectivity index (χ0) is 24.4. The number of piperazine rings is 1. The van der Waals surface area contributed by atoms with Gasteiger partial charge in [-0.2, -0.15) is 9.94 Å². The van der Waals surface area contributed by atoms with Crippen LogP contribution in [-0.2, 0) is 16.0 Å². The zero-order valence-corrected chi connectivity index (χ0v) is 19.7. The number of hydrogen-bond donors (Lipinski definition) is 0. The molecule has 11 nitrogen and oxygen atoms in total. The maximum absolute atomic E-state index is 13.0. The van der Waals surface area contributed by atoms with E-state index in [-0.39, 0.29) is 18.1 Å². The predicted molar refractivity (Wildman–Crippen MR) is 124 cm³/mol. The van der Waals surface area contributed by atoms with Crippen molar-refractivity contribution in [3.8, 4) is 17.6 Å². The van der Waals surface area contributed by atoms with Gasteiger partial charge in [-0.3, -0.25) is 9.69 Å². The van der Waals surface area contributed by atoms with Gasteiger partial charge in [-0.1, -0.05) is 12.1 Å². The van der Waals surface area contributed by atoms with Crippen molar-refractivity contribution < 1.29 is 14.3 Å². The van der Waals surface area contributed by atoms with Crippen molar-refractivity contribution in [2.45, 2.75) is 25.5 Å². The molecule has 2 saturated heterocycles. The van der Waals surface area contributed by atoms with E-state index in [2.05, 4.69) is 31.5 Å². The summed E-state index contributed by atoms with van der Waals surface area (Å²) in [6, 6.07) is 9.88. The molecule has 2 aromatic heterocycles. The van der Waals surface area contributed by atoms with Crippen molar-refractivity contribution in [1.82, 2.24) is 35.0 Å². The van der Waals surface area contributed by atoms with Gasteiger partial charge in [0.1, 0.15) is 18.1 Å². The van der Waals surface area contributed by atoms with Gasteiger partial charge in [-0.05, 0) is 46.2 Å². The molecular formula is C24H26N8O3. The van der Waals surface area contributed by atoms with Gasteiger partial charge in [0.15, 0.2) is 5.82 Å². The molecule has 1 amide bonds. The summed E-state index contributed by atoms with van der Waals surface area (Å²) < 4.78 is 13.0. The van der Waals surface area contributed by atoms with Crippen LogP contribution in [0, 0.1) is 18.3 Å². The molecule has 2 aliphatic rings. The van der Waals surface area contributed by atoms with Crippen molar-refractivity contribution in [3.05, 3.63) is 59.0 Å². The molecule has 0 bridgehead atoms. The Morgan fingerprint density at radius 3 is 2.86 bits per heavy atom. The molecule has 35 heavy (non-hydrogen) atoms. The maximum atomic E-state index is 13.0. The second-order valence-electron chi connectivity index (χ2n) is 8.74. The number of carbonyl (C=O) groups is 1. The molecule has 2 fully saturated rings. The van der Waals surface area contributed by atoms with Gasteiger partial charge in [0.2, 0.25) is 5.91 Å². The summed E-state index contributed by atoms with van der Waals surface area (Å²) in [6.07, 6.45) is 3.34. The van der Waals surface area contributed by atoms with Crippen LogP contribution < -0.4 is 4.74 Å². The van der Waals surface area contributed by atoms with E-state index in [0.717, 1.165) is 29.8 Å². The SMILES string of the molecule is COc1ccc(C2CN3CCN(C(=O)Cc4ccc(-n5cnnn5)nc4)C[C@H]3CO2)c(C)c1C#N. The van der Waals surface area contributed by atoms with Crippen LogP contribution in [0.15, 0.2) is 36.8 Å². The molecular weight excluding hydrogens is 448 g/mol. The van der Waals surface area contributed by atoms with E-state index in [0.29, 0.717) is 43.2 Å². The highest BCUT2D eigenvalue weighted by molar-refractivity contribution is 5.79. The lowest BCUT2D eigenvalue weighted by Crippen LogP contribution is -2.59. The molecule has 0 spiro atoms. The summed E-state index contributed by atoms with van der Waals surface area (Å²) in [7, 11) is 1.57. The first-order valence-electron chi connectivity index (χ1n) is 11.5. The lowest BCUT2D eigenvalue weighted by Gasteiger charge is -2.46. The van der Waals surface area contributed by atoms with Gasteiger partial charge in [-0.25, -0.2) is 4.98 Å². The molecule has 0 N–H and O–H groups in total. The Morgan fingerprint density at radius 1 is 1.26 bits per heavy atom. The molecule has 1 unspecified atom stereocenters. The quantitative estimate of drug-likeness (QED) is 0.534. The van der Waals surface area contributed by atoms with E-state index in [1.54, 1.807) is 19.4 Å². The normalized spacial score (nSPS) is 20.2. The lowest BCUT2D eigenvalue weighted by atomic mass is 9.96. The maximum Gasteiger partial charge on any atom is 0.227 e. The van der Waals surface area contributed by atoms with Crippen molar-refractivity contribution in [2.75, 3.05) is 39.9 Å². The highest BCUT2D eigenvalue weighted by Crippen LogP contribution is 2.33. The van der Waals surface area contributed by atoms with Gasteiger partial charge in [0.25, 0.3) is 0 Å². The van der Waals surface area contributed by atoms with Crippen LogP contribution >= 0.6 is 0 Å². The summed E-state index contributed by atoms with van der Waals surface area (Å²) in [5.74, 6) is 1.26. The Balaban J connectivity index is 1.19. The Hall–Kier alpha value is -3.88. The molecule has 3 aromatic rings. The third-order valence-corrected chi connectivity index (χ3v) is 6.74. The van der Waals surface area contributed by atoms with E-state index < -0.39 is 0 Å². The van der Waals surface area contributed by atoms with Gasteiger partial charge in [-0.15, -0.1) is 5.10 Å². The molecule has 1 aromatic carbocycles. The van der Waals surface area contributed by atoms with E-state index >= 15 is 0 Å². The van der Waals surface area contributed by atoms with Crippen molar-refractivity contribution >= 4 is 5.91 Å². The number of pyridine rings is 1. The molecule has 0 aliphatic carbocycles. The highest BCUT2D eigenvalue weighted by Gasteiger charge is 2.36. The standard InChI is InChI=1S/C24H26N8O3/c1-16-19(4-5-21(34-2)20(16)10-25)22-13-30-7-8-31(12-18(30)14-35-22)24(33)9-17-3-6-23(26-11-17)32-15-27-28-29-32/h3-6,11,15,18,22H,7-9,12-14H2,1-2H3/t18-,22?/m0/s1. The molecule has 0 saturated carbocycles. The average Bonchev–Trinajstić information content (AvgIpc) is 3.43. The van der Waals surface area contributed by atoms with E-state index in [4.69, 9.17) is 9.47 Å². The lowest BCUT2D eigenvalue weighted by molar-refractivity contribution is -0.139. The van der Waals surface area contributed by atoms with Crippen LogP contribution in [0.4, 0.5) is 0 Å². The van der Waals surface area contributed by atoms with Crippen LogP contribution in [0.2, 0.25) is 0 Å². The monoisotopic (exact) mass is 474 g/mol. The minimum atomic E-state index is -0.115. The number of tetrazole rings is 1. The molecule has 5 rings (SSSR count). The number of benzene rings is 1. The number of nitriles is 1. The van der Waals surface area contributed by atoms with Crippen LogP contribution in [0.1, 0.15) is 28.4 Å². The van der Waals surface area contributed by atoms with E-state index in [1.807, 2.05) is 30.0 Å². The fraction of sp³-hybridized carbons (Fsp3) is 0.417. The number of hydrogen-bond acceptors (Lipinski definition) is 9. The second kappa shape index (κ2) is 9.77. The molecule has 0 radical (unpaired) electrons. The van der Waals surface area contributed by atoms with Crippen LogP contribution in [0.25, 0.3) is 5.82 Å². The second-order valence-corrected chi connectivity index (χ2v) is 8.74.